The number of hydrogen-bond donors (Lipinski definition) is 0. The molecule has 1 nitrogen and oxygen atoms in total. The zero-order chi connectivity index (χ0) is 7.40. The Balaban J connectivity index is 2.79. The van der Waals surface area contributed by atoms with Crippen molar-refractivity contribution in [2.24, 2.45) is 0 Å². The SMILES string of the molecule is C=CCc1sccc1OC. The number of rotatable bonds is 3. The first-order valence-corrected chi connectivity index (χ1v) is 3.97. The van der Waals surface area contributed by atoms with E-state index >= 15 is 0 Å². The summed E-state index contributed by atoms with van der Waals surface area (Å²) in [5.74, 6) is 0.977. The maximum atomic E-state index is 5.10. The second-order valence-corrected chi connectivity index (χ2v) is 2.91. The summed E-state index contributed by atoms with van der Waals surface area (Å²) in [7, 11) is 1.69. The normalized spacial score (nSPS) is 9.30. The Morgan fingerprint density at radius 2 is 2.60 bits per heavy atom. The molecule has 0 unspecified atom stereocenters. The van der Waals surface area contributed by atoms with Crippen LogP contribution in [-0.2, 0) is 6.42 Å². The Morgan fingerprint density at radius 1 is 1.80 bits per heavy atom. The summed E-state index contributed by atoms with van der Waals surface area (Å²) in [5.41, 5.74) is 0. The second kappa shape index (κ2) is 3.42. The molecule has 0 saturated carbocycles. The largest absolute Gasteiger partial charge is 0.496 e. The number of ether oxygens (including phenoxy) is 1. The van der Waals surface area contributed by atoms with Crippen molar-refractivity contribution in [1.29, 1.82) is 0 Å². The molecule has 1 aromatic heterocycles. The van der Waals surface area contributed by atoms with Crippen LogP contribution in [0.4, 0.5) is 0 Å². The Bertz CT molecular complexity index is 215. The van der Waals surface area contributed by atoms with Gasteiger partial charge in [0.25, 0.3) is 0 Å². The number of methoxy groups -OCH3 is 1. The molecule has 10 heavy (non-hydrogen) atoms. The number of thiophene rings is 1. The lowest BCUT2D eigenvalue weighted by Gasteiger charge is -1.96. The van der Waals surface area contributed by atoms with Crippen LogP contribution in [0.15, 0.2) is 24.1 Å². The van der Waals surface area contributed by atoms with Crippen molar-refractivity contribution in [2.45, 2.75) is 6.42 Å². The topological polar surface area (TPSA) is 9.23 Å². The van der Waals surface area contributed by atoms with Gasteiger partial charge in [0.05, 0.1) is 12.0 Å². The molecule has 0 aliphatic carbocycles. The van der Waals surface area contributed by atoms with Gasteiger partial charge in [-0.3, -0.25) is 0 Å². The van der Waals surface area contributed by atoms with Gasteiger partial charge < -0.3 is 4.74 Å². The first-order valence-electron chi connectivity index (χ1n) is 3.09. The fourth-order valence-corrected chi connectivity index (χ4v) is 1.63. The summed E-state index contributed by atoms with van der Waals surface area (Å²) in [5, 5.41) is 2.03. The van der Waals surface area contributed by atoms with Crippen LogP contribution in [-0.4, -0.2) is 7.11 Å². The molecule has 0 saturated heterocycles. The van der Waals surface area contributed by atoms with Crippen LogP contribution in [0.5, 0.6) is 5.75 Å². The average Bonchev–Trinajstić information content (AvgIpc) is 2.36. The predicted octanol–water partition coefficient (Wildman–Crippen LogP) is 2.49. The van der Waals surface area contributed by atoms with Gasteiger partial charge in [0.1, 0.15) is 5.75 Å². The monoisotopic (exact) mass is 154 g/mol. The Hall–Kier alpha value is -0.760. The molecule has 54 valence electrons. The molecule has 1 heterocycles. The van der Waals surface area contributed by atoms with Crippen LogP contribution in [0.1, 0.15) is 4.88 Å². The summed E-state index contributed by atoms with van der Waals surface area (Å²) in [6, 6.07) is 1.98. The minimum absolute atomic E-state index is 0.904. The fraction of sp³-hybridized carbons (Fsp3) is 0.250. The molecule has 0 amide bonds. The van der Waals surface area contributed by atoms with Gasteiger partial charge in [0, 0.05) is 6.42 Å². The third-order valence-electron chi connectivity index (χ3n) is 1.25. The van der Waals surface area contributed by atoms with E-state index in [9.17, 15) is 0 Å². The maximum Gasteiger partial charge on any atom is 0.133 e. The van der Waals surface area contributed by atoms with Crippen molar-refractivity contribution in [1.82, 2.24) is 0 Å². The molecule has 2 heteroatoms. The molecule has 0 N–H and O–H groups in total. The van der Waals surface area contributed by atoms with E-state index in [1.54, 1.807) is 18.4 Å². The summed E-state index contributed by atoms with van der Waals surface area (Å²) in [6.07, 6.45) is 2.79. The van der Waals surface area contributed by atoms with Gasteiger partial charge in [0.2, 0.25) is 0 Å². The smallest absolute Gasteiger partial charge is 0.133 e. The molecule has 0 fully saturated rings. The fourth-order valence-electron chi connectivity index (χ4n) is 0.791. The zero-order valence-electron chi connectivity index (χ0n) is 5.96. The first-order chi connectivity index (χ1) is 4.88. The van der Waals surface area contributed by atoms with Gasteiger partial charge in [-0.2, -0.15) is 0 Å². The van der Waals surface area contributed by atoms with Crippen molar-refractivity contribution in [3.05, 3.63) is 29.0 Å². The zero-order valence-corrected chi connectivity index (χ0v) is 6.78. The maximum absolute atomic E-state index is 5.10. The molecule has 0 aliphatic heterocycles. The van der Waals surface area contributed by atoms with Gasteiger partial charge in [0.15, 0.2) is 0 Å². The summed E-state index contributed by atoms with van der Waals surface area (Å²) >= 11 is 1.70. The second-order valence-electron chi connectivity index (χ2n) is 1.90. The molecule has 0 aromatic carbocycles. The van der Waals surface area contributed by atoms with Crippen LogP contribution < -0.4 is 4.74 Å². The van der Waals surface area contributed by atoms with Crippen molar-refractivity contribution in [2.75, 3.05) is 7.11 Å². The van der Waals surface area contributed by atoms with Crippen molar-refractivity contribution < 1.29 is 4.74 Å². The minimum Gasteiger partial charge on any atom is -0.496 e. The average molecular weight is 154 g/mol. The van der Waals surface area contributed by atoms with E-state index in [0.29, 0.717) is 0 Å². The molecule has 0 atom stereocenters. The highest BCUT2D eigenvalue weighted by atomic mass is 32.1. The minimum atomic E-state index is 0.904. The van der Waals surface area contributed by atoms with E-state index in [4.69, 9.17) is 4.74 Å². The molecule has 1 aromatic rings. The molecular weight excluding hydrogens is 144 g/mol. The summed E-state index contributed by atoms with van der Waals surface area (Å²) in [4.78, 5) is 1.25. The third-order valence-corrected chi connectivity index (χ3v) is 2.18. The van der Waals surface area contributed by atoms with Gasteiger partial charge in [-0.15, -0.1) is 17.9 Å². The Morgan fingerprint density at radius 3 is 3.20 bits per heavy atom. The van der Waals surface area contributed by atoms with Crippen molar-refractivity contribution in [3.63, 3.8) is 0 Å². The van der Waals surface area contributed by atoms with Crippen LogP contribution in [0, 0.1) is 0 Å². The van der Waals surface area contributed by atoms with E-state index in [1.165, 1.54) is 4.88 Å². The first kappa shape index (κ1) is 7.35. The molecular formula is C8H10OS. The highest BCUT2D eigenvalue weighted by Crippen LogP contribution is 2.24. The lowest BCUT2D eigenvalue weighted by atomic mass is 10.3. The Labute approximate surface area is 65.0 Å². The van der Waals surface area contributed by atoms with Gasteiger partial charge in [-0.05, 0) is 11.4 Å². The number of hydrogen-bond acceptors (Lipinski definition) is 2. The van der Waals surface area contributed by atoms with E-state index in [-0.39, 0.29) is 0 Å². The van der Waals surface area contributed by atoms with E-state index in [2.05, 4.69) is 6.58 Å². The number of allylic oxidation sites excluding steroid dienone is 1. The summed E-state index contributed by atoms with van der Waals surface area (Å²) in [6.45, 7) is 3.66. The van der Waals surface area contributed by atoms with Crippen molar-refractivity contribution in [3.8, 4) is 5.75 Å². The van der Waals surface area contributed by atoms with Gasteiger partial charge >= 0.3 is 0 Å². The van der Waals surface area contributed by atoms with Crippen LogP contribution in [0.3, 0.4) is 0 Å². The quantitative estimate of drug-likeness (QED) is 0.608. The summed E-state index contributed by atoms with van der Waals surface area (Å²) < 4.78 is 5.10. The molecule has 1 rings (SSSR count). The van der Waals surface area contributed by atoms with E-state index < -0.39 is 0 Å². The standard InChI is InChI=1S/C8H10OS/c1-3-4-8-7(9-2)5-6-10-8/h3,5-6H,1,4H2,2H3. The molecule has 0 bridgehead atoms. The Kier molecular flexibility index (Phi) is 2.51. The molecule has 0 spiro atoms. The molecule has 0 aliphatic rings. The lowest BCUT2D eigenvalue weighted by Crippen LogP contribution is -1.83. The van der Waals surface area contributed by atoms with Crippen LogP contribution in [0.2, 0.25) is 0 Å². The van der Waals surface area contributed by atoms with Gasteiger partial charge in [-0.1, -0.05) is 6.08 Å². The van der Waals surface area contributed by atoms with Crippen LogP contribution in [0.25, 0.3) is 0 Å². The highest BCUT2D eigenvalue weighted by Gasteiger charge is 1.99. The van der Waals surface area contributed by atoms with Crippen molar-refractivity contribution >= 4 is 11.3 Å². The highest BCUT2D eigenvalue weighted by molar-refractivity contribution is 7.10. The lowest BCUT2D eigenvalue weighted by molar-refractivity contribution is 0.413. The predicted molar refractivity (Wildman–Crippen MR) is 44.8 cm³/mol. The van der Waals surface area contributed by atoms with Gasteiger partial charge in [-0.25, -0.2) is 0 Å². The van der Waals surface area contributed by atoms with Crippen LogP contribution >= 0.6 is 11.3 Å². The third kappa shape index (κ3) is 1.39. The van der Waals surface area contributed by atoms with E-state index in [0.717, 1.165) is 12.2 Å². The molecule has 0 radical (unpaired) electrons. The van der Waals surface area contributed by atoms with E-state index in [1.807, 2.05) is 17.5 Å².